The number of carbonyl (C=O) groups is 1. The number of nitrogens with one attached hydrogen (secondary N) is 1. The van der Waals surface area contributed by atoms with Gasteiger partial charge in [-0.3, -0.25) is 4.79 Å². The fourth-order valence-electron chi connectivity index (χ4n) is 2.38. The molecule has 1 aromatic rings. The van der Waals surface area contributed by atoms with E-state index in [0.29, 0.717) is 6.42 Å². The van der Waals surface area contributed by atoms with Crippen LogP contribution in [0.2, 0.25) is 0 Å². The standard InChI is InChI=1S/C13H19BrN2OS.ClH/c1-15-9-10-4-6-16(7-5-10)13(17)8-11-2-3-12(14)18-11;/h2-3,10,15H,4-9H2,1H3;1H. The van der Waals surface area contributed by atoms with Crippen LogP contribution in [0, 0.1) is 5.92 Å². The van der Waals surface area contributed by atoms with E-state index in [-0.39, 0.29) is 18.3 Å². The van der Waals surface area contributed by atoms with Gasteiger partial charge in [-0.2, -0.15) is 0 Å². The van der Waals surface area contributed by atoms with Gasteiger partial charge in [0.1, 0.15) is 0 Å². The van der Waals surface area contributed by atoms with E-state index in [1.54, 1.807) is 11.3 Å². The molecule has 0 aliphatic carbocycles. The van der Waals surface area contributed by atoms with Crippen molar-refractivity contribution in [2.75, 3.05) is 26.7 Å². The molecule has 108 valence electrons. The van der Waals surface area contributed by atoms with Crippen molar-refractivity contribution in [3.8, 4) is 0 Å². The Morgan fingerprint density at radius 1 is 1.47 bits per heavy atom. The lowest BCUT2D eigenvalue weighted by Crippen LogP contribution is -2.41. The Bertz CT molecular complexity index is 405. The number of hydrogen-bond donors (Lipinski definition) is 1. The summed E-state index contributed by atoms with van der Waals surface area (Å²) < 4.78 is 1.10. The molecule has 1 amide bonds. The van der Waals surface area contributed by atoms with E-state index in [0.717, 1.165) is 47.1 Å². The van der Waals surface area contributed by atoms with Gasteiger partial charge >= 0.3 is 0 Å². The van der Waals surface area contributed by atoms with Gasteiger partial charge in [0.2, 0.25) is 5.91 Å². The molecule has 0 aromatic carbocycles. The average Bonchev–Trinajstić information content (AvgIpc) is 2.76. The molecule has 0 saturated carbocycles. The third kappa shape index (κ3) is 5.06. The second-order valence-corrected chi connectivity index (χ2v) is 7.31. The number of rotatable bonds is 4. The van der Waals surface area contributed by atoms with Crippen LogP contribution in [0.4, 0.5) is 0 Å². The highest BCUT2D eigenvalue weighted by molar-refractivity contribution is 9.11. The van der Waals surface area contributed by atoms with Gasteiger partial charge in [-0.15, -0.1) is 23.7 Å². The van der Waals surface area contributed by atoms with E-state index in [2.05, 4.69) is 21.2 Å². The average molecular weight is 368 g/mol. The predicted molar refractivity (Wildman–Crippen MR) is 86.2 cm³/mol. The van der Waals surface area contributed by atoms with E-state index in [1.165, 1.54) is 0 Å². The molecule has 1 fully saturated rings. The Morgan fingerprint density at radius 2 is 2.16 bits per heavy atom. The molecule has 0 atom stereocenters. The summed E-state index contributed by atoms with van der Waals surface area (Å²) in [5.41, 5.74) is 0. The fraction of sp³-hybridized carbons (Fsp3) is 0.615. The van der Waals surface area contributed by atoms with Crippen molar-refractivity contribution < 1.29 is 4.79 Å². The molecule has 2 rings (SSSR count). The SMILES string of the molecule is CNCC1CCN(C(=O)Cc2ccc(Br)s2)CC1.Cl. The van der Waals surface area contributed by atoms with Crippen molar-refractivity contribution in [2.45, 2.75) is 19.3 Å². The van der Waals surface area contributed by atoms with Crippen LogP contribution in [0.15, 0.2) is 15.9 Å². The molecule has 0 spiro atoms. The van der Waals surface area contributed by atoms with Crippen LogP contribution in [0.1, 0.15) is 17.7 Å². The Balaban J connectivity index is 0.00000180. The summed E-state index contributed by atoms with van der Waals surface area (Å²) in [6.45, 7) is 2.90. The summed E-state index contributed by atoms with van der Waals surface area (Å²) in [6, 6.07) is 4.03. The van der Waals surface area contributed by atoms with Gasteiger partial charge in [-0.1, -0.05) is 0 Å². The molecule has 0 bridgehead atoms. The topological polar surface area (TPSA) is 32.3 Å². The quantitative estimate of drug-likeness (QED) is 0.887. The number of nitrogens with zero attached hydrogens (tertiary/aromatic N) is 1. The van der Waals surface area contributed by atoms with Crippen LogP contribution >= 0.6 is 39.7 Å². The number of halogens is 2. The van der Waals surface area contributed by atoms with E-state index < -0.39 is 0 Å². The molecule has 1 saturated heterocycles. The molecule has 0 radical (unpaired) electrons. The Labute approximate surface area is 133 Å². The minimum Gasteiger partial charge on any atom is -0.342 e. The molecule has 1 N–H and O–H groups in total. The van der Waals surface area contributed by atoms with Crippen molar-refractivity contribution in [1.29, 1.82) is 0 Å². The van der Waals surface area contributed by atoms with E-state index in [9.17, 15) is 4.79 Å². The van der Waals surface area contributed by atoms with Gasteiger partial charge < -0.3 is 10.2 Å². The van der Waals surface area contributed by atoms with Crippen LogP contribution in [-0.4, -0.2) is 37.5 Å². The lowest BCUT2D eigenvalue weighted by Gasteiger charge is -2.31. The predicted octanol–water partition coefficient (Wildman–Crippen LogP) is 2.93. The first-order chi connectivity index (χ1) is 8.69. The van der Waals surface area contributed by atoms with Crippen molar-refractivity contribution in [1.82, 2.24) is 10.2 Å². The minimum atomic E-state index is 0. The summed E-state index contributed by atoms with van der Waals surface area (Å²) in [5.74, 6) is 1.00. The molecule has 1 aliphatic rings. The zero-order valence-electron chi connectivity index (χ0n) is 11.0. The van der Waals surface area contributed by atoms with Gasteiger partial charge in [-0.05, 0) is 60.4 Å². The van der Waals surface area contributed by atoms with Crippen LogP contribution in [-0.2, 0) is 11.2 Å². The Kier molecular flexibility index (Phi) is 7.36. The van der Waals surface area contributed by atoms with Gasteiger partial charge in [-0.25, -0.2) is 0 Å². The maximum absolute atomic E-state index is 12.1. The number of piperidine rings is 1. The smallest absolute Gasteiger partial charge is 0.227 e. The molecule has 6 heteroatoms. The van der Waals surface area contributed by atoms with Crippen molar-refractivity contribution in [3.63, 3.8) is 0 Å². The number of likely N-dealkylation sites (tertiary alicyclic amines) is 1. The molecule has 3 nitrogen and oxygen atoms in total. The molecule has 1 aliphatic heterocycles. The van der Waals surface area contributed by atoms with Crippen LogP contribution in [0.5, 0.6) is 0 Å². The zero-order chi connectivity index (χ0) is 13.0. The Hall–Kier alpha value is -0.100. The molecule has 19 heavy (non-hydrogen) atoms. The second-order valence-electron chi connectivity index (χ2n) is 4.76. The van der Waals surface area contributed by atoms with Crippen LogP contribution in [0.25, 0.3) is 0 Å². The first-order valence-electron chi connectivity index (χ1n) is 6.35. The van der Waals surface area contributed by atoms with Gasteiger partial charge in [0, 0.05) is 18.0 Å². The second kappa shape index (κ2) is 8.25. The highest BCUT2D eigenvalue weighted by Gasteiger charge is 2.22. The van der Waals surface area contributed by atoms with E-state index in [1.807, 2.05) is 24.1 Å². The summed E-state index contributed by atoms with van der Waals surface area (Å²) in [5, 5.41) is 3.22. The van der Waals surface area contributed by atoms with Crippen molar-refractivity contribution in [2.24, 2.45) is 5.92 Å². The van der Waals surface area contributed by atoms with Gasteiger partial charge in [0.25, 0.3) is 0 Å². The highest BCUT2D eigenvalue weighted by atomic mass is 79.9. The normalized spacial score (nSPS) is 16.2. The van der Waals surface area contributed by atoms with Crippen LogP contribution < -0.4 is 5.32 Å². The highest BCUT2D eigenvalue weighted by Crippen LogP contribution is 2.23. The summed E-state index contributed by atoms with van der Waals surface area (Å²) in [6.07, 6.45) is 2.80. The molecule has 1 aromatic heterocycles. The number of hydrogen-bond acceptors (Lipinski definition) is 3. The van der Waals surface area contributed by atoms with E-state index >= 15 is 0 Å². The lowest BCUT2D eigenvalue weighted by molar-refractivity contribution is -0.131. The maximum atomic E-state index is 12.1. The Morgan fingerprint density at radius 3 is 2.68 bits per heavy atom. The lowest BCUT2D eigenvalue weighted by atomic mass is 9.96. The monoisotopic (exact) mass is 366 g/mol. The first-order valence-corrected chi connectivity index (χ1v) is 7.96. The third-order valence-corrected chi connectivity index (χ3v) is 5.04. The van der Waals surface area contributed by atoms with E-state index in [4.69, 9.17) is 0 Å². The minimum absolute atomic E-state index is 0. The summed E-state index contributed by atoms with van der Waals surface area (Å²) in [7, 11) is 1.99. The number of carbonyl (C=O) groups excluding carboxylic acids is 1. The number of amides is 1. The molecular weight excluding hydrogens is 348 g/mol. The van der Waals surface area contributed by atoms with Gasteiger partial charge in [0.15, 0.2) is 0 Å². The van der Waals surface area contributed by atoms with Crippen molar-refractivity contribution >= 4 is 45.6 Å². The van der Waals surface area contributed by atoms with Crippen LogP contribution in [0.3, 0.4) is 0 Å². The molecule has 2 heterocycles. The third-order valence-electron chi connectivity index (χ3n) is 3.41. The fourth-order valence-corrected chi connectivity index (χ4v) is 3.86. The zero-order valence-corrected chi connectivity index (χ0v) is 14.2. The maximum Gasteiger partial charge on any atom is 0.227 e. The first kappa shape index (κ1) is 17.0. The molecule has 0 unspecified atom stereocenters. The summed E-state index contributed by atoms with van der Waals surface area (Å²) in [4.78, 5) is 15.3. The summed E-state index contributed by atoms with van der Waals surface area (Å²) >= 11 is 5.08. The van der Waals surface area contributed by atoms with Gasteiger partial charge in [0.05, 0.1) is 10.2 Å². The van der Waals surface area contributed by atoms with Crippen molar-refractivity contribution in [3.05, 3.63) is 20.8 Å². The largest absolute Gasteiger partial charge is 0.342 e. The molecular formula is C13H20BrClN2OS. The number of thiophene rings is 1.